The van der Waals surface area contributed by atoms with Crippen LogP contribution in [0.3, 0.4) is 0 Å². The van der Waals surface area contributed by atoms with Crippen LogP contribution in [0.2, 0.25) is 5.02 Å². The van der Waals surface area contributed by atoms with Crippen LogP contribution in [0.1, 0.15) is 44.2 Å². The fraction of sp³-hybridized carbons (Fsp3) is 0.391. The fourth-order valence-electron chi connectivity index (χ4n) is 2.98. The maximum atomic E-state index is 13.0. The van der Waals surface area contributed by atoms with E-state index in [1.807, 2.05) is 42.5 Å². The minimum atomic E-state index is -0.540. The highest BCUT2D eigenvalue weighted by Gasteiger charge is 2.26. The molecule has 0 unspecified atom stereocenters. The van der Waals surface area contributed by atoms with Crippen LogP contribution in [0, 0.1) is 0 Å². The molecule has 0 saturated carbocycles. The summed E-state index contributed by atoms with van der Waals surface area (Å²) in [4.78, 5) is 27.3. The third kappa shape index (κ3) is 7.01. The predicted octanol–water partition coefficient (Wildman–Crippen LogP) is 4.61. The minimum absolute atomic E-state index is 0.0811. The van der Waals surface area contributed by atoms with Gasteiger partial charge in [-0.1, -0.05) is 73.8 Å². The second-order valence-electron chi connectivity index (χ2n) is 6.98. The minimum Gasteiger partial charge on any atom is -0.354 e. The maximum Gasteiger partial charge on any atom is 0.242 e. The molecule has 2 amide bonds. The third-order valence-electron chi connectivity index (χ3n) is 4.71. The van der Waals surface area contributed by atoms with E-state index in [9.17, 15) is 9.59 Å². The van der Waals surface area contributed by atoms with Crippen molar-refractivity contribution in [3.05, 3.63) is 70.7 Å². The van der Waals surface area contributed by atoms with Crippen molar-refractivity contribution in [1.29, 1.82) is 0 Å². The number of rotatable bonds is 10. The Morgan fingerprint density at radius 2 is 1.68 bits per heavy atom. The van der Waals surface area contributed by atoms with Crippen molar-refractivity contribution in [3.63, 3.8) is 0 Å². The highest BCUT2D eigenvalue weighted by molar-refractivity contribution is 6.30. The van der Waals surface area contributed by atoms with Gasteiger partial charge >= 0.3 is 0 Å². The molecule has 2 rings (SSSR count). The summed E-state index contributed by atoms with van der Waals surface area (Å²) in [6.45, 7) is 4.96. The Labute approximate surface area is 172 Å². The molecule has 0 aliphatic carbocycles. The largest absolute Gasteiger partial charge is 0.354 e. The average Bonchev–Trinajstić information content (AvgIpc) is 2.71. The van der Waals surface area contributed by atoms with Crippen LogP contribution in [0.25, 0.3) is 0 Å². The first-order chi connectivity index (χ1) is 13.5. The number of hydrogen-bond acceptors (Lipinski definition) is 2. The number of carbonyl (C=O) groups is 2. The normalized spacial score (nSPS) is 11.7. The molecule has 1 N–H and O–H groups in total. The summed E-state index contributed by atoms with van der Waals surface area (Å²) in [6, 6.07) is 16.4. The second-order valence-corrected chi connectivity index (χ2v) is 7.42. The van der Waals surface area contributed by atoms with Crippen LogP contribution in [0.15, 0.2) is 54.6 Å². The van der Waals surface area contributed by atoms with Gasteiger partial charge in [0.25, 0.3) is 0 Å². The monoisotopic (exact) mass is 400 g/mol. The number of hydrogen-bond donors (Lipinski definition) is 1. The Kier molecular flexibility index (Phi) is 9.02. The maximum absolute atomic E-state index is 13.0. The Morgan fingerprint density at radius 3 is 2.32 bits per heavy atom. The van der Waals surface area contributed by atoms with E-state index in [2.05, 4.69) is 12.2 Å². The van der Waals surface area contributed by atoms with Crippen molar-refractivity contribution in [2.24, 2.45) is 0 Å². The number of benzene rings is 2. The first-order valence-corrected chi connectivity index (χ1v) is 10.2. The molecular weight excluding hydrogens is 372 g/mol. The number of unbranched alkanes of at least 4 members (excludes halogenated alkanes) is 2. The smallest absolute Gasteiger partial charge is 0.242 e. The number of amides is 2. The topological polar surface area (TPSA) is 49.4 Å². The standard InChI is InChI=1S/C23H29ClN2O2/c1-3-4-8-15-25-23(28)18(2)26(17-20-9-6-5-7-10-20)22(27)16-19-11-13-21(24)14-12-19/h5-7,9-14,18H,3-4,8,15-17H2,1-2H3,(H,25,28)/t18-/m1/s1. The summed E-state index contributed by atoms with van der Waals surface area (Å²) in [6.07, 6.45) is 3.37. The molecular formula is C23H29ClN2O2. The molecule has 0 heterocycles. The van der Waals surface area contributed by atoms with E-state index >= 15 is 0 Å². The highest BCUT2D eigenvalue weighted by atomic mass is 35.5. The van der Waals surface area contributed by atoms with Gasteiger partial charge in [0.1, 0.15) is 6.04 Å². The lowest BCUT2D eigenvalue weighted by Crippen LogP contribution is -2.48. The van der Waals surface area contributed by atoms with E-state index in [0.717, 1.165) is 30.4 Å². The fourth-order valence-corrected chi connectivity index (χ4v) is 3.10. The lowest BCUT2D eigenvalue weighted by molar-refractivity contribution is -0.140. The molecule has 2 aromatic rings. The van der Waals surface area contributed by atoms with Crippen molar-refractivity contribution < 1.29 is 9.59 Å². The van der Waals surface area contributed by atoms with Crippen molar-refractivity contribution >= 4 is 23.4 Å². The quantitative estimate of drug-likeness (QED) is 0.592. The van der Waals surface area contributed by atoms with Crippen LogP contribution in [-0.2, 0) is 22.6 Å². The molecule has 0 saturated heterocycles. The van der Waals surface area contributed by atoms with Crippen LogP contribution < -0.4 is 5.32 Å². The Bertz CT molecular complexity index is 747. The number of nitrogens with one attached hydrogen (secondary N) is 1. The number of halogens is 1. The molecule has 0 fully saturated rings. The first kappa shape index (κ1) is 22.0. The van der Waals surface area contributed by atoms with Gasteiger partial charge in [-0.3, -0.25) is 9.59 Å². The molecule has 5 heteroatoms. The van der Waals surface area contributed by atoms with Crippen LogP contribution in [0.5, 0.6) is 0 Å². The van der Waals surface area contributed by atoms with Gasteiger partial charge in [-0.15, -0.1) is 0 Å². The van der Waals surface area contributed by atoms with Crippen LogP contribution >= 0.6 is 11.6 Å². The molecule has 4 nitrogen and oxygen atoms in total. The molecule has 0 aliphatic heterocycles. The zero-order valence-electron chi connectivity index (χ0n) is 16.7. The molecule has 0 spiro atoms. The van der Waals surface area contributed by atoms with Crippen molar-refractivity contribution in [2.45, 2.75) is 52.1 Å². The summed E-state index contributed by atoms with van der Waals surface area (Å²) in [7, 11) is 0. The summed E-state index contributed by atoms with van der Waals surface area (Å²) in [5.41, 5.74) is 1.88. The van der Waals surface area contributed by atoms with Gasteiger partial charge in [-0.05, 0) is 36.6 Å². The van der Waals surface area contributed by atoms with E-state index in [-0.39, 0.29) is 18.2 Å². The lowest BCUT2D eigenvalue weighted by atomic mass is 10.1. The van der Waals surface area contributed by atoms with E-state index in [1.165, 1.54) is 0 Å². The molecule has 0 bridgehead atoms. The Balaban J connectivity index is 2.09. The molecule has 1 atom stereocenters. The summed E-state index contributed by atoms with van der Waals surface area (Å²) in [5.74, 6) is -0.195. The highest BCUT2D eigenvalue weighted by Crippen LogP contribution is 2.14. The van der Waals surface area contributed by atoms with Gasteiger partial charge in [-0.2, -0.15) is 0 Å². The molecule has 0 radical (unpaired) electrons. The number of nitrogens with zero attached hydrogens (tertiary/aromatic N) is 1. The second kappa shape index (κ2) is 11.5. The van der Waals surface area contributed by atoms with E-state index in [1.54, 1.807) is 24.0 Å². The molecule has 28 heavy (non-hydrogen) atoms. The lowest BCUT2D eigenvalue weighted by Gasteiger charge is -2.29. The molecule has 2 aromatic carbocycles. The predicted molar refractivity (Wildman–Crippen MR) is 114 cm³/mol. The molecule has 150 valence electrons. The van der Waals surface area contributed by atoms with E-state index in [4.69, 9.17) is 11.6 Å². The van der Waals surface area contributed by atoms with Gasteiger partial charge < -0.3 is 10.2 Å². The van der Waals surface area contributed by atoms with Gasteiger partial charge in [-0.25, -0.2) is 0 Å². The van der Waals surface area contributed by atoms with Gasteiger partial charge in [0.15, 0.2) is 0 Å². The third-order valence-corrected chi connectivity index (χ3v) is 4.96. The van der Waals surface area contributed by atoms with Crippen LogP contribution in [0.4, 0.5) is 0 Å². The summed E-state index contributed by atoms with van der Waals surface area (Å²) < 4.78 is 0. The average molecular weight is 401 g/mol. The SMILES string of the molecule is CCCCCNC(=O)[C@@H](C)N(Cc1ccccc1)C(=O)Cc1ccc(Cl)cc1. The van der Waals surface area contributed by atoms with Crippen molar-refractivity contribution in [2.75, 3.05) is 6.54 Å². The zero-order chi connectivity index (χ0) is 20.4. The Morgan fingerprint density at radius 1 is 1.00 bits per heavy atom. The number of carbonyl (C=O) groups excluding carboxylic acids is 2. The van der Waals surface area contributed by atoms with Crippen LogP contribution in [-0.4, -0.2) is 29.3 Å². The van der Waals surface area contributed by atoms with Crippen molar-refractivity contribution in [1.82, 2.24) is 10.2 Å². The Hall–Kier alpha value is -2.33. The van der Waals surface area contributed by atoms with Gasteiger partial charge in [0.05, 0.1) is 6.42 Å². The van der Waals surface area contributed by atoms with Crippen molar-refractivity contribution in [3.8, 4) is 0 Å². The summed E-state index contributed by atoms with van der Waals surface area (Å²) >= 11 is 5.93. The molecule has 0 aromatic heterocycles. The van der Waals surface area contributed by atoms with E-state index in [0.29, 0.717) is 18.1 Å². The van der Waals surface area contributed by atoms with E-state index < -0.39 is 6.04 Å². The zero-order valence-corrected chi connectivity index (χ0v) is 17.4. The summed E-state index contributed by atoms with van der Waals surface area (Å²) in [5, 5.41) is 3.60. The first-order valence-electron chi connectivity index (χ1n) is 9.86. The molecule has 0 aliphatic rings. The van der Waals surface area contributed by atoms with Gasteiger partial charge in [0, 0.05) is 18.1 Å². The van der Waals surface area contributed by atoms with Gasteiger partial charge in [0.2, 0.25) is 11.8 Å².